The maximum atomic E-state index is 13.8. The van der Waals surface area contributed by atoms with E-state index in [2.05, 4.69) is 10.6 Å². The van der Waals surface area contributed by atoms with Crippen LogP contribution in [0.5, 0.6) is 5.75 Å². The number of nitrogens with zero attached hydrogens (tertiary/aromatic N) is 2. The Labute approximate surface area is 274 Å². The number of likely N-dealkylation sites (tertiary alicyclic amines) is 2. The number of rotatable bonds is 11. The second-order valence-electron chi connectivity index (χ2n) is 12.2. The minimum atomic E-state index is -0.827. The Kier molecular flexibility index (Phi) is 11.1. The first-order valence-corrected chi connectivity index (χ1v) is 16.0. The number of aliphatic carboxylic acids is 1. The Balaban J connectivity index is 1.26. The summed E-state index contributed by atoms with van der Waals surface area (Å²) in [6, 6.07) is 21.3. The molecule has 2 atom stereocenters. The molecule has 0 spiro atoms. The largest absolute Gasteiger partial charge is 0.495 e. The lowest BCUT2D eigenvalue weighted by Crippen LogP contribution is -2.50. The van der Waals surface area contributed by atoms with Crippen LogP contribution in [-0.4, -0.2) is 77.6 Å². The lowest BCUT2D eigenvalue weighted by atomic mass is 9.93. The van der Waals surface area contributed by atoms with Crippen LogP contribution >= 0.6 is 0 Å². The zero-order valence-electron chi connectivity index (χ0n) is 26.8. The number of carboxylic acids is 1. The Morgan fingerprint density at radius 3 is 2.30 bits per heavy atom. The zero-order chi connectivity index (χ0) is 33.3. The van der Waals surface area contributed by atoms with Crippen LogP contribution in [0.3, 0.4) is 0 Å². The number of benzene rings is 3. The minimum Gasteiger partial charge on any atom is -0.495 e. The van der Waals surface area contributed by atoms with E-state index in [0.717, 1.165) is 11.1 Å². The van der Waals surface area contributed by atoms with Gasteiger partial charge in [0.2, 0.25) is 11.8 Å². The number of aryl methyl sites for hydroxylation is 1. The molecular formula is C36H42N4O7. The second-order valence-corrected chi connectivity index (χ2v) is 12.2. The summed E-state index contributed by atoms with van der Waals surface area (Å²) in [5, 5.41) is 14.8. The summed E-state index contributed by atoms with van der Waals surface area (Å²) in [6.45, 7) is 3.50. The first-order chi connectivity index (χ1) is 22.7. The monoisotopic (exact) mass is 642 g/mol. The van der Waals surface area contributed by atoms with Crippen molar-refractivity contribution in [3.05, 3.63) is 89.5 Å². The molecule has 2 heterocycles. The summed E-state index contributed by atoms with van der Waals surface area (Å²) in [4.78, 5) is 54.9. The molecule has 5 rings (SSSR count). The number of methoxy groups -OCH3 is 1. The number of para-hydroxylation sites is 1. The molecule has 11 heteroatoms. The summed E-state index contributed by atoms with van der Waals surface area (Å²) in [6.07, 6.45) is 1.44. The average molecular weight is 643 g/mol. The van der Waals surface area contributed by atoms with Crippen molar-refractivity contribution in [2.24, 2.45) is 5.92 Å². The predicted molar refractivity (Wildman–Crippen MR) is 177 cm³/mol. The van der Waals surface area contributed by atoms with E-state index in [9.17, 15) is 24.3 Å². The molecule has 0 aliphatic carbocycles. The van der Waals surface area contributed by atoms with Gasteiger partial charge >= 0.3 is 12.0 Å². The van der Waals surface area contributed by atoms with Crippen LogP contribution in [0.4, 0.5) is 16.2 Å². The molecule has 3 aromatic rings. The van der Waals surface area contributed by atoms with E-state index in [1.54, 1.807) is 28.0 Å². The topological polar surface area (TPSA) is 138 Å². The van der Waals surface area contributed by atoms with Crippen LogP contribution in [0.25, 0.3) is 0 Å². The highest BCUT2D eigenvalue weighted by Crippen LogP contribution is 2.30. The highest BCUT2D eigenvalue weighted by atomic mass is 16.5. The van der Waals surface area contributed by atoms with E-state index in [1.165, 1.54) is 7.11 Å². The summed E-state index contributed by atoms with van der Waals surface area (Å²) in [7, 11) is 1.49. The Bertz CT molecular complexity index is 1570. The molecule has 3 aromatic carbocycles. The number of ether oxygens (including phenoxy) is 2. The first kappa shape index (κ1) is 33.5. The Morgan fingerprint density at radius 2 is 1.60 bits per heavy atom. The number of hydrogen-bond acceptors (Lipinski definition) is 6. The SMILES string of the molecule is COc1cc(CC(=O)N2C[C@H](OCc3ccccc3)C[C@H]2C(=O)N2CCC(CC(=O)O)CC2)ccc1NC(=O)Nc1ccccc1C. The van der Waals surface area contributed by atoms with Crippen LogP contribution in [0.15, 0.2) is 72.8 Å². The van der Waals surface area contributed by atoms with Crippen molar-refractivity contribution < 1.29 is 33.8 Å². The van der Waals surface area contributed by atoms with Gasteiger partial charge in [0.15, 0.2) is 0 Å². The van der Waals surface area contributed by atoms with Crippen LogP contribution in [-0.2, 0) is 32.1 Å². The smallest absolute Gasteiger partial charge is 0.323 e. The lowest BCUT2D eigenvalue weighted by Gasteiger charge is -2.35. The van der Waals surface area contributed by atoms with E-state index in [0.29, 0.717) is 61.6 Å². The van der Waals surface area contributed by atoms with E-state index in [4.69, 9.17) is 9.47 Å². The molecule has 0 aromatic heterocycles. The van der Waals surface area contributed by atoms with Crippen molar-refractivity contribution in [3.63, 3.8) is 0 Å². The molecule has 2 aliphatic heterocycles. The Morgan fingerprint density at radius 1 is 0.894 bits per heavy atom. The first-order valence-electron chi connectivity index (χ1n) is 16.0. The summed E-state index contributed by atoms with van der Waals surface area (Å²) in [5.41, 5.74) is 3.75. The number of carbonyl (C=O) groups excluding carboxylic acids is 3. The number of hydrogen-bond donors (Lipinski definition) is 3. The van der Waals surface area contributed by atoms with Crippen molar-refractivity contribution in [1.82, 2.24) is 9.80 Å². The van der Waals surface area contributed by atoms with Gasteiger partial charge in [0, 0.05) is 38.2 Å². The van der Waals surface area contributed by atoms with Gasteiger partial charge in [-0.3, -0.25) is 14.4 Å². The molecule has 0 bridgehead atoms. The number of piperidine rings is 1. The summed E-state index contributed by atoms with van der Waals surface area (Å²) < 4.78 is 11.7. The van der Waals surface area contributed by atoms with Crippen LogP contribution in [0.2, 0.25) is 0 Å². The van der Waals surface area contributed by atoms with Crippen LogP contribution in [0, 0.1) is 12.8 Å². The molecule has 0 unspecified atom stereocenters. The van der Waals surface area contributed by atoms with Gasteiger partial charge in [-0.2, -0.15) is 0 Å². The molecule has 0 radical (unpaired) electrons. The van der Waals surface area contributed by atoms with E-state index >= 15 is 0 Å². The highest BCUT2D eigenvalue weighted by molar-refractivity contribution is 6.01. The fourth-order valence-electron chi connectivity index (χ4n) is 6.25. The number of nitrogens with one attached hydrogen (secondary N) is 2. The molecule has 2 aliphatic rings. The van der Waals surface area contributed by atoms with Crippen molar-refractivity contribution in [3.8, 4) is 5.75 Å². The van der Waals surface area contributed by atoms with Gasteiger partial charge in [-0.15, -0.1) is 0 Å². The van der Waals surface area contributed by atoms with Gasteiger partial charge in [0.05, 0.1) is 31.9 Å². The molecule has 2 fully saturated rings. The molecule has 4 amide bonds. The molecule has 47 heavy (non-hydrogen) atoms. The van der Waals surface area contributed by atoms with E-state index in [1.807, 2.05) is 61.5 Å². The number of anilines is 2. The highest BCUT2D eigenvalue weighted by Gasteiger charge is 2.42. The van der Waals surface area contributed by atoms with Crippen LogP contribution in [0.1, 0.15) is 42.4 Å². The maximum Gasteiger partial charge on any atom is 0.323 e. The number of carboxylic acid groups (broad SMARTS) is 1. The van der Waals surface area contributed by atoms with Crippen molar-refractivity contribution in [1.29, 1.82) is 0 Å². The number of amides is 4. The molecule has 2 saturated heterocycles. The molecular weight excluding hydrogens is 600 g/mol. The van der Waals surface area contributed by atoms with Gasteiger partial charge in [-0.1, -0.05) is 54.6 Å². The minimum absolute atomic E-state index is 0.0297. The summed E-state index contributed by atoms with van der Waals surface area (Å²) >= 11 is 0. The average Bonchev–Trinajstić information content (AvgIpc) is 3.50. The molecule has 0 saturated carbocycles. The third-order valence-corrected chi connectivity index (χ3v) is 8.85. The predicted octanol–water partition coefficient (Wildman–Crippen LogP) is 5.09. The maximum absolute atomic E-state index is 13.8. The molecule has 248 valence electrons. The molecule has 11 nitrogen and oxygen atoms in total. The normalized spacial score (nSPS) is 18.1. The van der Waals surface area contributed by atoms with E-state index < -0.39 is 18.0 Å². The summed E-state index contributed by atoms with van der Waals surface area (Å²) in [5.74, 6) is -0.727. The standard InChI is InChI=1S/C36H42N4O7/c1-24-8-6-7-11-29(24)37-36(45)38-30-13-12-27(18-32(30)46-2)19-33(41)40-22-28(47-23-26-9-4-3-5-10-26)21-31(40)35(44)39-16-14-25(15-17-39)20-34(42)43/h3-13,18,25,28,31H,14-17,19-23H2,1-2H3,(H,42,43)(H2,37,38,45)/t28-,31+/m1/s1. The van der Waals surface area contributed by atoms with Gasteiger partial charge < -0.3 is 35.0 Å². The Hall–Kier alpha value is -4.90. The third kappa shape index (κ3) is 8.88. The van der Waals surface area contributed by atoms with Gasteiger partial charge in [-0.25, -0.2) is 4.79 Å². The lowest BCUT2D eigenvalue weighted by molar-refractivity contribution is -0.145. The number of urea groups is 1. The van der Waals surface area contributed by atoms with E-state index in [-0.39, 0.29) is 43.2 Å². The zero-order valence-corrected chi connectivity index (χ0v) is 26.8. The second kappa shape index (κ2) is 15.6. The van der Waals surface area contributed by atoms with Crippen LogP contribution < -0.4 is 15.4 Å². The van der Waals surface area contributed by atoms with Crippen molar-refractivity contribution >= 4 is 35.2 Å². The number of carbonyl (C=O) groups is 4. The van der Waals surface area contributed by atoms with Crippen molar-refractivity contribution in [2.45, 2.75) is 57.8 Å². The molecule has 3 N–H and O–H groups in total. The quantitative estimate of drug-likeness (QED) is 0.265. The fraction of sp³-hybridized carbons (Fsp3) is 0.389. The van der Waals surface area contributed by atoms with Gasteiger partial charge in [-0.05, 0) is 60.6 Å². The van der Waals surface area contributed by atoms with Gasteiger partial charge in [0.25, 0.3) is 0 Å². The van der Waals surface area contributed by atoms with Gasteiger partial charge in [0.1, 0.15) is 11.8 Å². The fourth-order valence-corrected chi connectivity index (χ4v) is 6.25. The van der Waals surface area contributed by atoms with Crippen molar-refractivity contribution in [2.75, 3.05) is 37.4 Å². The third-order valence-electron chi connectivity index (χ3n) is 8.85.